The van der Waals surface area contributed by atoms with Gasteiger partial charge in [0.15, 0.2) is 11.5 Å². The Morgan fingerprint density at radius 2 is 2.00 bits per heavy atom. The van der Waals surface area contributed by atoms with Gasteiger partial charge in [-0.1, -0.05) is 0 Å². The topological polar surface area (TPSA) is 133 Å². The highest BCUT2D eigenvalue weighted by Gasteiger charge is 2.25. The number of anilines is 1. The molecule has 1 N–H and O–H groups in total. The van der Waals surface area contributed by atoms with Gasteiger partial charge in [-0.05, 0) is 32.1 Å². The highest BCUT2D eigenvalue weighted by Crippen LogP contribution is 2.40. The van der Waals surface area contributed by atoms with Crippen LogP contribution < -0.4 is 24.3 Å². The van der Waals surface area contributed by atoms with Crippen molar-refractivity contribution >= 4 is 23.4 Å². The Bertz CT molecular complexity index is 1200. The summed E-state index contributed by atoms with van der Waals surface area (Å²) in [5.41, 5.74) is 0.739. The highest BCUT2D eigenvalue weighted by atomic mass is 16.6. The van der Waals surface area contributed by atoms with Crippen LogP contribution in [0.1, 0.15) is 25.0 Å². The molecule has 0 saturated heterocycles. The van der Waals surface area contributed by atoms with Gasteiger partial charge in [-0.25, -0.2) is 0 Å². The van der Waals surface area contributed by atoms with Gasteiger partial charge < -0.3 is 24.3 Å². The lowest BCUT2D eigenvalue weighted by molar-refractivity contribution is -0.384. The maximum atomic E-state index is 12.9. The molecule has 4 rings (SSSR count). The molecular formula is C23H21N3O7. The minimum Gasteiger partial charge on any atom is -0.493 e. The van der Waals surface area contributed by atoms with Gasteiger partial charge >= 0.3 is 0 Å². The molecule has 0 spiro atoms. The zero-order chi connectivity index (χ0) is 23.5. The molecule has 1 unspecified atom stereocenters. The fourth-order valence-corrected chi connectivity index (χ4v) is 3.67. The SMILES string of the molecule is CCOc1cc2c(cc1C=C(C#N)C(=O)Nc1cc3c(cc1[N+](=O)[O-])OCCO3)OC(C)C2. The quantitative estimate of drug-likeness (QED) is 0.305. The standard InChI is InChI=1S/C23H21N3O7/c1-3-30-19-8-14-6-13(2)33-20(14)9-15(19)7-16(12-24)23(27)25-17-10-21-22(32-5-4-31-21)11-18(17)26(28)29/h7-11,13H,3-6H2,1-2H3,(H,25,27). The summed E-state index contributed by atoms with van der Waals surface area (Å²) in [5.74, 6) is 0.857. The lowest BCUT2D eigenvalue weighted by atomic mass is 10.0. The molecule has 2 aliphatic rings. The van der Waals surface area contributed by atoms with Crippen LogP contribution in [0.2, 0.25) is 0 Å². The van der Waals surface area contributed by atoms with Crippen molar-refractivity contribution in [3.63, 3.8) is 0 Å². The molecule has 10 nitrogen and oxygen atoms in total. The molecule has 0 aliphatic carbocycles. The van der Waals surface area contributed by atoms with Crippen molar-refractivity contribution in [3.05, 3.63) is 51.1 Å². The summed E-state index contributed by atoms with van der Waals surface area (Å²) in [5, 5.41) is 23.6. The number of carbonyl (C=O) groups excluding carboxylic acids is 1. The number of nitro benzene ring substituents is 1. The van der Waals surface area contributed by atoms with Gasteiger partial charge in [0.05, 0.1) is 17.6 Å². The lowest BCUT2D eigenvalue weighted by Crippen LogP contribution is -2.18. The van der Waals surface area contributed by atoms with Gasteiger partial charge in [-0.3, -0.25) is 14.9 Å². The van der Waals surface area contributed by atoms with E-state index >= 15 is 0 Å². The van der Waals surface area contributed by atoms with E-state index in [2.05, 4.69) is 5.32 Å². The van der Waals surface area contributed by atoms with Crippen molar-refractivity contribution < 1.29 is 28.7 Å². The van der Waals surface area contributed by atoms with Crippen LogP contribution in [0.15, 0.2) is 29.8 Å². The predicted octanol–water partition coefficient (Wildman–Crippen LogP) is 3.63. The van der Waals surface area contributed by atoms with Crippen molar-refractivity contribution in [3.8, 4) is 29.1 Å². The number of nitro groups is 1. The third kappa shape index (κ3) is 4.52. The van der Waals surface area contributed by atoms with E-state index in [0.717, 1.165) is 12.0 Å². The summed E-state index contributed by atoms with van der Waals surface area (Å²) in [6.07, 6.45) is 2.12. The largest absolute Gasteiger partial charge is 0.493 e. The number of amides is 1. The first-order valence-corrected chi connectivity index (χ1v) is 10.4. The highest BCUT2D eigenvalue weighted by molar-refractivity contribution is 6.10. The third-order valence-electron chi connectivity index (χ3n) is 5.10. The molecule has 0 fully saturated rings. The lowest BCUT2D eigenvalue weighted by Gasteiger charge is -2.19. The van der Waals surface area contributed by atoms with Crippen molar-refractivity contribution in [2.45, 2.75) is 26.4 Å². The number of benzene rings is 2. The van der Waals surface area contributed by atoms with Gasteiger partial charge in [0.2, 0.25) is 0 Å². The maximum Gasteiger partial charge on any atom is 0.296 e. The first-order chi connectivity index (χ1) is 15.9. The average Bonchev–Trinajstić information content (AvgIpc) is 3.15. The molecule has 0 aromatic heterocycles. The summed E-state index contributed by atoms with van der Waals surface area (Å²) < 4.78 is 22.3. The zero-order valence-corrected chi connectivity index (χ0v) is 18.0. The van der Waals surface area contributed by atoms with E-state index in [1.807, 2.05) is 26.0 Å². The number of nitrogens with zero attached hydrogens (tertiary/aromatic N) is 2. The van der Waals surface area contributed by atoms with Crippen LogP contribution >= 0.6 is 0 Å². The van der Waals surface area contributed by atoms with Crippen molar-refractivity contribution in [1.29, 1.82) is 5.26 Å². The predicted molar refractivity (Wildman–Crippen MR) is 118 cm³/mol. The number of hydrogen-bond acceptors (Lipinski definition) is 8. The fourth-order valence-electron chi connectivity index (χ4n) is 3.67. The monoisotopic (exact) mass is 451 g/mol. The zero-order valence-electron chi connectivity index (χ0n) is 18.0. The number of carbonyl (C=O) groups is 1. The van der Waals surface area contributed by atoms with Gasteiger partial charge in [0, 0.05) is 23.6 Å². The maximum absolute atomic E-state index is 12.9. The number of ether oxygens (including phenoxy) is 4. The van der Waals surface area contributed by atoms with E-state index in [1.54, 1.807) is 6.07 Å². The molecule has 1 atom stereocenters. The van der Waals surface area contributed by atoms with E-state index in [1.165, 1.54) is 18.2 Å². The summed E-state index contributed by atoms with van der Waals surface area (Å²) >= 11 is 0. The van der Waals surface area contributed by atoms with Crippen molar-refractivity contribution in [2.75, 3.05) is 25.1 Å². The summed E-state index contributed by atoms with van der Waals surface area (Å²) in [6.45, 7) is 4.72. The van der Waals surface area contributed by atoms with Crippen molar-refractivity contribution in [1.82, 2.24) is 0 Å². The first-order valence-electron chi connectivity index (χ1n) is 10.4. The molecular weight excluding hydrogens is 430 g/mol. The van der Waals surface area contributed by atoms with Gasteiger partial charge in [0.25, 0.3) is 11.6 Å². The normalized spacial score (nSPS) is 16.3. The second-order valence-corrected chi connectivity index (χ2v) is 7.46. The number of nitrogens with one attached hydrogen (secondary N) is 1. The van der Waals surface area contributed by atoms with Gasteiger partial charge in [-0.2, -0.15) is 5.26 Å². The van der Waals surface area contributed by atoms with E-state index in [-0.39, 0.29) is 47.8 Å². The Labute approximate surface area is 189 Å². The van der Waals surface area contributed by atoms with Crippen LogP contribution in [-0.4, -0.2) is 36.8 Å². The molecule has 1 amide bonds. The minimum absolute atomic E-state index is 0.0169. The van der Waals surface area contributed by atoms with Crippen LogP contribution in [0.5, 0.6) is 23.0 Å². The second-order valence-electron chi connectivity index (χ2n) is 7.46. The Balaban J connectivity index is 1.67. The van der Waals surface area contributed by atoms with Crippen LogP contribution in [0, 0.1) is 21.4 Å². The number of rotatable bonds is 6. The minimum atomic E-state index is -0.811. The van der Waals surface area contributed by atoms with Gasteiger partial charge in [0.1, 0.15) is 48.1 Å². The van der Waals surface area contributed by atoms with E-state index in [0.29, 0.717) is 23.7 Å². The van der Waals surface area contributed by atoms with E-state index in [9.17, 15) is 20.2 Å². The first kappa shape index (κ1) is 22.0. The Hall–Kier alpha value is -4.26. The summed E-state index contributed by atoms with van der Waals surface area (Å²) in [7, 11) is 0. The number of nitriles is 1. The molecule has 0 saturated carbocycles. The average molecular weight is 451 g/mol. The fraction of sp³-hybridized carbons (Fsp3) is 0.304. The van der Waals surface area contributed by atoms with Crippen LogP contribution in [-0.2, 0) is 11.2 Å². The van der Waals surface area contributed by atoms with Crippen molar-refractivity contribution in [2.24, 2.45) is 0 Å². The molecule has 10 heteroatoms. The molecule has 170 valence electrons. The molecule has 33 heavy (non-hydrogen) atoms. The molecule has 2 aromatic carbocycles. The number of hydrogen-bond donors (Lipinski definition) is 1. The van der Waals surface area contributed by atoms with E-state index < -0.39 is 10.8 Å². The van der Waals surface area contributed by atoms with E-state index in [4.69, 9.17) is 18.9 Å². The molecule has 2 aromatic rings. The molecule has 2 heterocycles. The Morgan fingerprint density at radius 3 is 2.67 bits per heavy atom. The van der Waals surface area contributed by atoms with Crippen LogP contribution in [0.25, 0.3) is 6.08 Å². The number of fused-ring (bicyclic) bond motifs is 2. The Morgan fingerprint density at radius 1 is 1.27 bits per heavy atom. The molecule has 2 aliphatic heterocycles. The van der Waals surface area contributed by atoms with Gasteiger partial charge in [-0.15, -0.1) is 0 Å². The van der Waals surface area contributed by atoms with Crippen LogP contribution in [0.4, 0.5) is 11.4 Å². The molecule has 0 bridgehead atoms. The summed E-state index contributed by atoms with van der Waals surface area (Å²) in [4.78, 5) is 23.8. The smallest absolute Gasteiger partial charge is 0.296 e. The Kier molecular flexibility index (Phi) is 6.04. The second kappa shape index (κ2) is 9.08. The molecule has 0 radical (unpaired) electrons. The third-order valence-corrected chi connectivity index (χ3v) is 5.10. The summed E-state index contributed by atoms with van der Waals surface area (Å²) in [6, 6.07) is 7.92. The van der Waals surface area contributed by atoms with Crippen LogP contribution in [0.3, 0.4) is 0 Å².